The maximum atomic E-state index is 13.2. The first-order chi connectivity index (χ1) is 13.0. The van der Waals surface area contributed by atoms with E-state index < -0.39 is 5.25 Å². The lowest BCUT2D eigenvalue weighted by Crippen LogP contribution is -2.45. The van der Waals surface area contributed by atoms with E-state index in [1.807, 2.05) is 0 Å². The van der Waals surface area contributed by atoms with Crippen LogP contribution in [0, 0.1) is 5.82 Å². The minimum absolute atomic E-state index is 0.0695. The summed E-state index contributed by atoms with van der Waals surface area (Å²) in [6.07, 6.45) is 0.0695. The Kier molecular flexibility index (Phi) is 6.13. The highest BCUT2D eigenvalue weighted by Gasteiger charge is 2.35. The highest BCUT2D eigenvalue weighted by atomic mass is 35.5. The lowest BCUT2D eigenvalue weighted by Gasteiger charge is -2.31. The second-order valence-electron chi connectivity index (χ2n) is 5.91. The van der Waals surface area contributed by atoms with Crippen LogP contribution in [0.3, 0.4) is 0 Å². The molecule has 140 valence electrons. The van der Waals surface area contributed by atoms with Crippen molar-refractivity contribution in [2.24, 2.45) is 4.99 Å². The van der Waals surface area contributed by atoms with Crippen molar-refractivity contribution in [2.45, 2.75) is 18.2 Å². The number of hydrogen-bond acceptors (Lipinski definition) is 4. The fraction of sp³-hybridized carbons (Fsp3) is 0.211. The monoisotopic (exact) mass is 405 g/mol. The van der Waals surface area contributed by atoms with Gasteiger partial charge in [-0.15, -0.1) is 0 Å². The van der Waals surface area contributed by atoms with Crippen LogP contribution in [0.1, 0.15) is 12.0 Å². The molecule has 2 aromatic rings. The zero-order valence-electron chi connectivity index (χ0n) is 14.5. The molecule has 1 aliphatic heterocycles. The summed E-state index contributed by atoms with van der Waals surface area (Å²) >= 11 is 7.24. The fourth-order valence-corrected chi connectivity index (χ4v) is 3.93. The Hall–Kier alpha value is -2.38. The molecule has 2 amide bonds. The van der Waals surface area contributed by atoms with Crippen LogP contribution in [-0.2, 0) is 16.1 Å². The van der Waals surface area contributed by atoms with Crippen LogP contribution < -0.4 is 5.32 Å². The standard InChI is InChI=1S/C19H17ClFN3O2S/c1-22-18(26)16-10-17(25)24(11-12-5-7-14(21)8-6-12)19(27-16)23-15-4-2-3-13(20)9-15/h2-9,16H,10-11H2,1H3,(H,22,26). The number of benzene rings is 2. The summed E-state index contributed by atoms with van der Waals surface area (Å²) in [5, 5.41) is 2.95. The van der Waals surface area contributed by atoms with Gasteiger partial charge in [0.15, 0.2) is 5.17 Å². The van der Waals surface area contributed by atoms with Crippen LogP contribution in [0.2, 0.25) is 5.02 Å². The molecule has 0 aliphatic carbocycles. The summed E-state index contributed by atoms with van der Waals surface area (Å²) in [7, 11) is 1.53. The van der Waals surface area contributed by atoms with Gasteiger partial charge < -0.3 is 5.32 Å². The smallest absolute Gasteiger partial charge is 0.233 e. The number of amides is 2. The Morgan fingerprint density at radius 2 is 2.07 bits per heavy atom. The molecule has 0 spiro atoms. The van der Waals surface area contributed by atoms with E-state index in [0.29, 0.717) is 15.9 Å². The first-order valence-electron chi connectivity index (χ1n) is 8.23. The SMILES string of the molecule is CNC(=O)C1CC(=O)N(Cc2ccc(F)cc2)C(=Nc2cccc(Cl)c2)S1. The Bertz CT molecular complexity index is 889. The summed E-state index contributed by atoms with van der Waals surface area (Å²) < 4.78 is 13.2. The number of thioether (sulfide) groups is 1. The Morgan fingerprint density at radius 1 is 1.33 bits per heavy atom. The van der Waals surface area contributed by atoms with Gasteiger partial charge in [0, 0.05) is 18.5 Å². The molecule has 0 radical (unpaired) electrons. The topological polar surface area (TPSA) is 61.8 Å². The average molecular weight is 406 g/mol. The Balaban J connectivity index is 1.93. The third-order valence-corrected chi connectivity index (χ3v) is 5.39. The van der Waals surface area contributed by atoms with E-state index in [1.54, 1.807) is 36.4 Å². The number of carbonyl (C=O) groups is 2. The van der Waals surface area contributed by atoms with Gasteiger partial charge in [0.05, 0.1) is 17.5 Å². The minimum Gasteiger partial charge on any atom is -0.358 e. The van der Waals surface area contributed by atoms with Crippen LogP contribution in [-0.4, -0.2) is 34.2 Å². The molecule has 27 heavy (non-hydrogen) atoms. The maximum absolute atomic E-state index is 13.2. The maximum Gasteiger partial charge on any atom is 0.233 e. The Morgan fingerprint density at radius 3 is 2.74 bits per heavy atom. The zero-order chi connectivity index (χ0) is 19.4. The number of carbonyl (C=O) groups excluding carboxylic acids is 2. The van der Waals surface area contributed by atoms with Crippen molar-refractivity contribution in [2.75, 3.05) is 7.05 Å². The normalized spacial score (nSPS) is 18.6. The number of nitrogens with one attached hydrogen (secondary N) is 1. The van der Waals surface area contributed by atoms with Crippen molar-refractivity contribution in [3.8, 4) is 0 Å². The van der Waals surface area contributed by atoms with Crippen molar-refractivity contribution < 1.29 is 14.0 Å². The average Bonchev–Trinajstić information content (AvgIpc) is 2.65. The van der Waals surface area contributed by atoms with E-state index in [2.05, 4.69) is 10.3 Å². The highest BCUT2D eigenvalue weighted by molar-refractivity contribution is 8.15. The van der Waals surface area contributed by atoms with Crippen LogP contribution in [0.4, 0.5) is 10.1 Å². The largest absolute Gasteiger partial charge is 0.358 e. The van der Waals surface area contributed by atoms with Crippen LogP contribution in [0.15, 0.2) is 53.5 Å². The molecule has 0 bridgehead atoms. The predicted molar refractivity (Wildman–Crippen MR) is 106 cm³/mol. The van der Waals surface area contributed by atoms with Gasteiger partial charge in [0.1, 0.15) is 5.82 Å². The van der Waals surface area contributed by atoms with Crippen molar-refractivity contribution in [3.05, 3.63) is 64.9 Å². The van der Waals surface area contributed by atoms with E-state index in [4.69, 9.17) is 11.6 Å². The van der Waals surface area contributed by atoms with Crippen molar-refractivity contribution in [3.63, 3.8) is 0 Å². The molecule has 8 heteroatoms. The molecular weight excluding hydrogens is 389 g/mol. The first-order valence-corrected chi connectivity index (χ1v) is 9.49. The molecule has 2 aromatic carbocycles. The molecule has 1 atom stereocenters. The van der Waals surface area contributed by atoms with Gasteiger partial charge in [-0.1, -0.05) is 41.6 Å². The van der Waals surface area contributed by atoms with E-state index in [1.165, 1.54) is 35.8 Å². The van der Waals surface area contributed by atoms with E-state index in [0.717, 1.165) is 5.56 Å². The van der Waals surface area contributed by atoms with E-state index in [-0.39, 0.29) is 30.6 Å². The number of aliphatic imine (C=N–C) groups is 1. The molecule has 1 saturated heterocycles. The molecule has 1 heterocycles. The molecule has 1 unspecified atom stereocenters. The van der Waals surface area contributed by atoms with Crippen LogP contribution in [0.25, 0.3) is 0 Å². The van der Waals surface area contributed by atoms with Gasteiger partial charge in [-0.3, -0.25) is 14.5 Å². The summed E-state index contributed by atoms with van der Waals surface area (Å²) in [4.78, 5) is 30.8. The number of halogens is 2. The van der Waals surface area contributed by atoms with Crippen LogP contribution in [0.5, 0.6) is 0 Å². The molecule has 1 fully saturated rings. The van der Waals surface area contributed by atoms with Gasteiger partial charge in [0.25, 0.3) is 0 Å². The summed E-state index contributed by atoms with van der Waals surface area (Å²) in [6.45, 7) is 0.242. The molecule has 5 nitrogen and oxygen atoms in total. The zero-order valence-corrected chi connectivity index (χ0v) is 16.1. The van der Waals surface area contributed by atoms with E-state index >= 15 is 0 Å². The van der Waals surface area contributed by atoms with Gasteiger partial charge in [-0.05, 0) is 35.9 Å². The Labute approximate surface area is 165 Å². The molecule has 0 saturated carbocycles. The molecule has 1 N–H and O–H groups in total. The third-order valence-electron chi connectivity index (χ3n) is 3.97. The second-order valence-corrected chi connectivity index (χ2v) is 7.51. The molecule has 0 aromatic heterocycles. The lowest BCUT2D eigenvalue weighted by molar-refractivity contribution is -0.130. The van der Waals surface area contributed by atoms with Crippen molar-refractivity contribution in [1.29, 1.82) is 0 Å². The summed E-state index contributed by atoms with van der Waals surface area (Å²) in [6, 6.07) is 12.9. The summed E-state index contributed by atoms with van der Waals surface area (Å²) in [5.74, 6) is -0.786. The quantitative estimate of drug-likeness (QED) is 0.842. The molecular formula is C19H17ClFN3O2S. The lowest BCUT2D eigenvalue weighted by atomic mass is 10.2. The first kappa shape index (κ1) is 19.4. The number of amidine groups is 1. The van der Waals surface area contributed by atoms with Gasteiger partial charge in [-0.2, -0.15) is 0 Å². The predicted octanol–water partition coefficient (Wildman–Crippen LogP) is 3.75. The van der Waals surface area contributed by atoms with Crippen molar-refractivity contribution >= 4 is 46.0 Å². The van der Waals surface area contributed by atoms with E-state index in [9.17, 15) is 14.0 Å². The minimum atomic E-state index is -0.551. The second kappa shape index (κ2) is 8.54. The van der Waals surface area contributed by atoms with Crippen LogP contribution >= 0.6 is 23.4 Å². The number of nitrogens with zero attached hydrogens (tertiary/aromatic N) is 2. The molecule has 3 rings (SSSR count). The third kappa shape index (κ3) is 4.87. The van der Waals surface area contributed by atoms with Gasteiger partial charge in [0.2, 0.25) is 11.8 Å². The highest BCUT2D eigenvalue weighted by Crippen LogP contribution is 2.30. The summed E-state index contributed by atoms with van der Waals surface area (Å²) in [5.41, 5.74) is 1.35. The number of rotatable bonds is 4. The molecule has 1 aliphatic rings. The van der Waals surface area contributed by atoms with Gasteiger partial charge in [-0.25, -0.2) is 9.38 Å². The number of hydrogen-bond donors (Lipinski definition) is 1. The van der Waals surface area contributed by atoms with Gasteiger partial charge >= 0.3 is 0 Å². The fourth-order valence-electron chi connectivity index (χ4n) is 2.59. The van der Waals surface area contributed by atoms with Crippen molar-refractivity contribution in [1.82, 2.24) is 10.2 Å².